The number of furan rings is 1. The first kappa shape index (κ1) is 17.8. The first-order valence-corrected chi connectivity index (χ1v) is 9.22. The highest BCUT2D eigenvalue weighted by Gasteiger charge is 2.46. The summed E-state index contributed by atoms with van der Waals surface area (Å²) < 4.78 is 5.16. The normalized spacial score (nSPS) is 21.1. The Morgan fingerprint density at radius 1 is 1.11 bits per heavy atom. The number of benzene rings is 1. The van der Waals surface area contributed by atoms with E-state index < -0.39 is 6.04 Å². The minimum Gasteiger partial charge on any atom is -0.459 e. The zero-order valence-corrected chi connectivity index (χ0v) is 15.3. The van der Waals surface area contributed by atoms with Gasteiger partial charge in [0, 0.05) is 5.02 Å². The van der Waals surface area contributed by atoms with Gasteiger partial charge in [0.25, 0.3) is 11.8 Å². The largest absolute Gasteiger partial charge is 0.459 e. The quantitative estimate of drug-likeness (QED) is 0.782. The number of piperazine rings is 1. The van der Waals surface area contributed by atoms with Crippen molar-refractivity contribution in [2.75, 3.05) is 31.1 Å². The zero-order valence-electron chi connectivity index (χ0n) is 14.6. The number of nitrogens with zero attached hydrogens (tertiary/aromatic N) is 2. The average molecular weight is 389 g/mol. The number of quaternary nitrogens is 1. The van der Waals surface area contributed by atoms with Crippen molar-refractivity contribution in [2.45, 2.75) is 12.5 Å². The molecule has 8 heteroatoms. The van der Waals surface area contributed by atoms with E-state index in [1.807, 2.05) is 0 Å². The number of nitrogens with one attached hydrogen (secondary N) is 1. The number of carbonyl (C=O) groups is 3. The second-order valence-corrected chi connectivity index (χ2v) is 7.16. The SMILES string of the molecule is O=C(c1ccco1)N1CC[NH+]([C@H]2CC(=O)N(c3ccc(Cl)cc3)C2=O)CC1. The van der Waals surface area contributed by atoms with Crippen LogP contribution in [-0.4, -0.2) is 54.8 Å². The van der Waals surface area contributed by atoms with Gasteiger partial charge in [-0.15, -0.1) is 0 Å². The second kappa shape index (κ2) is 7.17. The molecule has 0 spiro atoms. The van der Waals surface area contributed by atoms with Crippen molar-refractivity contribution >= 4 is 35.0 Å². The smallest absolute Gasteiger partial charge is 0.292 e. The standard InChI is InChI=1S/C19H18ClN3O4/c20-13-3-5-14(6-4-13)23-17(24)12-15(18(23)25)21-7-9-22(10-8-21)19(26)16-2-1-11-27-16/h1-6,11,15H,7-10,12H2/p+1/t15-/m0/s1. The lowest BCUT2D eigenvalue weighted by Gasteiger charge is -2.34. The molecule has 0 aliphatic carbocycles. The molecule has 0 unspecified atom stereocenters. The van der Waals surface area contributed by atoms with E-state index in [9.17, 15) is 14.4 Å². The van der Waals surface area contributed by atoms with Crippen LogP contribution in [0.2, 0.25) is 5.02 Å². The van der Waals surface area contributed by atoms with Crippen LogP contribution in [0.1, 0.15) is 17.0 Å². The summed E-state index contributed by atoms with van der Waals surface area (Å²) >= 11 is 5.89. The molecule has 140 valence electrons. The fourth-order valence-electron chi connectivity index (χ4n) is 3.71. The maximum absolute atomic E-state index is 12.9. The number of imide groups is 1. The highest BCUT2D eigenvalue weighted by molar-refractivity contribution is 6.30. The van der Waals surface area contributed by atoms with Crippen molar-refractivity contribution in [2.24, 2.45) is 0 Å². The Morgan fingerprint density at radius 3 is 2.44 bits per heavy atom. The summed E-state index contributed by atoms with van der Waals surface area (Å²) in [5, 5.41) is 0.553. The number of carbonyl (C=O) groups excluding carboxylic acids is 3. The molecule has 0 saturated carbocycles. The molecule has 27 heavy (non-hydrogen) atoms. The first-order chi connectivity index (χ1) is 13.0. The molecule has 3 heterocycles. The molecule has 4 rings (SSSR count). The van der Waals surface area contributed by atoms with Gasteiger partial charge in [0.05, 0.1) is 44.6 Å². The molecule has 2 aliphatic heterocycles. The highest BCUT2D eigenvalue weighted by Crippen LogP contribution is 2.23. The van der Waals surface area contributed by atoms with Crippen LogP contribution < -0.4 is 9.80 Å². The number of hydrogen-bond acceptors (Lipinski definition) is 4. The summed E-state index contributed by atoms with van der Waals surface area (Å²) in [7, 11) is 0. The Balaban J connectivity index is 1.41. The molecule has 0 radical (unpaired) electrons. The lowest BCUT2D eigenvalue weighted by Crippen LogP contribution is -3.19. The summed E-state index contributed by atoms with van der Waals surface area (Å²) in [4.78, 5) is 41.6. The molecule has 1 atom stereocenters. The van der Waals surface area contributed by atoms with E-state index in [2.05, 4.69) is 0 Å². The predicted molar refractivity (Wildman–Crippen MR) is 97.7 cm³/mol. The Kier molecular flexibility index (Phi) is 4.72. The van der Waals surface area contributed by atoms with Gasteiger partial charge in [-0.3, -0.25) is 14.4 Å². The topological polar surface area (TPSA) is 75.3 Å². The van der Waals surface area contributed by atoms with E-state index in [0.717, 1.165) is 4.90 Å². The highest BCUT2D eigenvalue weighted by atomic mass is 35.5. The van der Waals surface area contributed by atoms with E-state index in [0.29, 0.717) is 42.6 Å². The van der Waals surface area contributed by atoms with Gasteiger partial charge in [-0.2, -0.15) is 0 Å². The zero-order chi connectivity index (χ0) is 19.0. The Morgan fingerprint density at radius 2 is 1.81 bits per heavy atom. The summed E-state index contributed by atoms with van der Waals surface area (Å²) in [5.41, 5.74) is 0.544. The van der Waals surface area contributed by atoms with Crippen molar-refractivity contribution in [3.63, 3.8) is 0 Å². The fraction of sp³-hybridized carbons (Fsp3) is 0.316. The van der Waals surface area contributed by atoms with Crippen molar-refractivity contribution in [3.05, 3.63) is 53.4 Å². The molecule has 2 saturated heterocycles. The van der Waals surface area contributed by atoms with Crippen LogP contribution in [-0.2, 0) is 9.59 Å². The van der Waals surface area contributed by atoms with Crippen LogP contribution in [0.25, 0.3) is 0 Å². The molecule has 3 amide bonds. The van der Waals surface area contributed by atoms with Gasteiger partial charge in [0.15, 0.2) is 11.8 Å². The van der Waals surface area contributed by atoms with Crippen LogP contribution in [0.15, 0.2) is 47.1 Å². The number of hydrogen-bond donors (Lipinski definition) is 1. The van der Waals surface area contributed by atoms with Crippen LogP contribution in [0.5, 0.6) is 0 Å². The second-order valence-electron chi connectivity index (χ2n) is 6.73. The Bertz CT molecular complexity index is 858. The Hall–Kier alpha value is -2.64. The maximum Gasteiger partial charge on any atom is 0.292 e. The monoisotopic (exact) mass is 388 g/mol. The molecule has 7 nitrogen and oxygen atoms in total. The minimum atomic E-state index is -0.408. The third-order valence-corrected chi connectivity index (χ3v) is 5.40. The number of anilines is 1. The number of rotatable bonds is 3. The van der Waals surface area contributed by atoms with Crippen molar-refractivity contribution in [1.82, 2.24) is 4.90 Å². The van der Waals surface area contributed by atoms with Crippen molar-refractivity contribution in [1.29, 1.82) is 0 Å². The lowest BCUT2D eigenvalue weighted by molar-refractivity contribution is -0.918. The van der Waals surface area contributed by atoms with Crippen LogP contribution >= 0.6 is 11.6 Å². The Labute approximate surface area is 161 Å². The molecular formula is C19H19ClN3O4+. The molecule has 1 aromatic heterocycles. The summed E-state index contributed by atoms with van der Waals surface area (Å²) in [6.07, 6.45) is 1.66. The van der Waals surface area contributed by atoms with E-state index in [1.54, 1.807) is 41.3 Å². The summed E-state index contributed by atoms with van der Waals surface area (Å²) in [6.45, 7) is 2.27. The van der Waals surface area contributed by atoms with Crippen LogP contribution in [0.3, 0.4) is 0 Å². The van der Waals surface area contributed by atoms with Crippen LogP contribution in [0, 0.1) is 0 Å². The minimum absolute atomic E-state index is 0.143. The number of halogens is 1. The first-order valence-electron chi connectivity index (χ1n) is 8.84. The molecule has 2 aliphatic rings. The maximum atomic E-state index is 12.9. The van der Waals surface area contributed by atoms with Gasteiger partial charge in [0.1, 0.15) is 0 Å². The van der Waals surface area contributed by atoms with Crippen LogP contribution in [0.4, 0.5) is 5.69 Å². The van der Waals surface area contributed by atoms with E-state index in [1.165, 1.54) is 11.2 Å². The fourth-order valence-corrected chi connectivity index (χ4v) is 3.84. The van der Waals surface area contributed by atoms with Gasteiger partial charge in [0.2, 0.25) is 5.91 Å². The predicted octanol–water partition coefficient (Wildman–Crippen LogP) is 0.606. The molecule has 0 bridgehead atoms. The molecule has 2 fully saturated rings. The van der Waals surface area contributed by atoms with Gasteiger partial charge >= 0.3 is 0 Å². The van der Waals surface area contributed by atoms with Crippen molar-refractivity contribution < 1.29 is 23.7 Å². The number of amides is 3. The van der Waals surface area contributed by atoms with Crippen molar-refractivity contribution in [3.8, 4) is 0 Å². The summed E-state index contributed by atoms with van der Waals surface area (Å²) in [6, 6.07) is 9.60. The van der Waals surface area contributed by atoms with Gasteiger partial charge in [-0.25, -0.2) is 4.90 Å². The lowest BCUT2D eigenvalue weighted by atomic mass is 10.1. The van der Waals surface area contributed by atoms with Gasteiger partial charge in [-0.1, -0.05) is 11.6 Å². The summed E-state index contributed by atoms with van der Waals surface area (Å²) in [5.74, 6) is -0.216. The molecule has 2 aromatic rings. The third kappa shape index (κ3) is 3.36. The van der Waals surface area contributed by atoms with E-state index >= 15 is 0 Å². The average Bonchev–Trinajstić information content (AvgIpc) is 3.31. The van der Waals surface area contributed by atoms with E-state index in [4.69, 9.17) is 16.0 Å². The van der Waals surface area contributed by atoms with Gasteiger partial charge in [-0.05, 0) is 36.4 Å². The van der Waals surface area contributed by atoms with E-state index in [-0.39, 0.29) is 24.1 Å². The molecule has 1 N–H and O–H groups in total. The molecular weight excluding hydrogens is 370 g/mol. The third-order valence-electron chi connectivity index (χ3n) is 5.15. The molecule has 1 aromatic carbocycles. The van der Waals surface area contributed by atoms with Gasteiger partial charge < -0.3 is 14.2 Å².